The summed E-state index contributed by atoms with van der Waals surface area (Å²) in [6, 6.07) is 10.6. The normalized spacial score (nSPS) is 37.7. The first-order valence-corrected chi connectivity index (χ1v) is 8.68. The summed E-state index contributed by atoms with van der Waals surface area (Å²) in [5, 5.41) is 10.9. The number of aliphatic hydroxyl groups excluding tert-OH is 1. The molecule has 4 aliphatic heterocycles. The highest BCUT2D eigenvalue weighted by Crippen LogP contribution is 2.47. The van der Waals surface area contributed by atoms with E-state index >= 15 is 0 Å². The van der Waals surface area contributed by atoms with Crippen LogP contribution in [0.25, 0.3) is 0 Å². The molecule has 0 unspecified atom stereocenters. The van der Waals surface area contributed by atoms with E-state index in [1.807, 2.05) is 30.3 Å². The van der Waals surface area contributed by atoms with E-state index in [-0.39, 0.29) is 13.2 Å². The van der Waals surface area contributed by atoms with Gasteiger partial charge in [0.1, 0.15) is 23.9 Å². The second-order valence-corrected chi connectivity index (χ2v) is 6.97. The van der Waals surface area contributed by atoms with E-state index < -0.39 is 47.7 Å². The van der Waals surface area contributed by atoms with Crippen molar-refractivity contribution in [3.05, 3.63) is 69.0 Å². The smallest absolute Gasteiger partial charge is 0.330 e. The first-order valence-electron chi connectivity index (χ1n) is 8.68. The summed E-state index contributed by atoms with van der Waals surface area (Å²) in [5.74, 6) is 0. The summed E-state index contributed by atoms with van der Waals surface area (Å²) in [6.45, 7) is 0.311. The molecule has 2 bridgehead atoms. The largest absolute Gasteiger partial charge is 0.387 e. The van der Waals surface area contributed by atoms with E-state index in [0.29, 0.717) is 0 Å². The van der Waals surface area contributed by atoms with Crippen LogP contribution in [0.3, 0.4) is 0 Å². The van der Waals surface area contributed by atoms with Gasteiger partial charge in [0.05, 0.1) is 13.2 Å². The third-order valence-electron chi connectivity index (χ3n) is 5.27. The van der Waals surface area contributed by atoms with E-state index in [2.05, 4.69) is 4.98 Å². The Labute approximate surface area is 153 Å². The average molecular weight is 374 g/mol. The third kappa shape index (κ3) is 2.59. The zero-order valence-corrected chi connectivity index (χ0v) is 14.2. The number of aromatic amines is 1. The zero-order valence-electron chi connectivity index (χ0n) is 14.2. The fourth-order valence-electron chi connectivity index (χ4n) is 3.94. The van der Waals surface area contributed by atoms with Crippen LogP contribution in [0.1, 0.15) is 18.1 Å². The van der Waals surface area contributed by atoms with Crippen LogP contribution in [0.4, 0.5) is 0 Å². The molecule has 6 rings (SSSR count). The lowest BCUT2D eigenvalue weighted by molar-refractivity contribution is -0.422. The molecule has 4 aliphatic rings. The molecule has 4 fully saturated rings. The van der Waals surface area contributed by atoms with E-state index in [1.54, 1.807) is 0 Å². The highest BCUT2D eigenvalue weighted by atomic mass is 16.7. The lowest BCUT2D eigenvalue weighted by Crippen LogP contribution is -2.74. The number of nitrogens with one attached hydrogen (secondary N) is 1. The van der Waals surface area contributed by atoms with Gasteiger partial charge >= 0.3 is 5.69 Å². The number of benzene rings is 1. The molecule has 4 saturated heterocycles. The van der Waals surface area contributed by atoms with Crippen molar-refractivity contribution >= 4 is 0 Å². The van der Waals surface area contributed by atoms with Gasteiger partial charge in [-0.25, -0.2) is 4.79 Å². The lowest BCUT2D eigenvalue weighted by Gasteiger charge is -2.58. The Morgan fingerprint density at radius 1 is 1.11 bits per heavy atom. The summed E-state index contributed by atoms with van der Waals surface area (Å²) < 4.78 is 25.0. The van der Waals surface area contributed by atoms with E-state index in [1.165, 1.54) is 16.8 Å². The fourth-order valence-corrected chi connectivity index (χ4v) is 3.94. The van der Waals surface area contributed by atoms with Gasteiger partial charge in [0.25, 0.3) is 5.56 Å². The van der Waals surface area contributed by atoms with Gasteiger partial charge < -0.3 is 24.1 Å². The summed E-state index contributed by atoms with van der Waals surface area (Å²) in [5.41, 5.74) is -1.34. The summed E-state index contributed by atoms with van der Waals surface area (Å²) >= 11 is 0. The third-order valence-corrected chi connectivity index (χ3v) is 5.27. The number of nitrogens with zero attached hydrogens (tertiary/aromatic N) is 1. The molecule has 1 aromatic heterocycles. The number of aliphatic hydroxyl groups is 1. The molecule has 0 aliphatic carbocycles. The molecule has 1 aromatic carbocycles. The van der Waals surface area contributed by atoms with E-state index in [9.17, 15) is 14.7 Å². The standard InChI is InChI=1S/C18H18N2O7/c21-11-6-7-20(17(23)19-11)15-13-12(22)14-18(27-15,8-24-13)9-25-16(26-14)10-4-2-1-3-5-10/h1-7,12-16,22H,8-9H2,(H,19,21,23)/t12-,13-,14+,15-,16-,18-/m1/s1. The molecule has 1 spiro atoms. The second-order valence-electron chi connectivity index (χ2n) is 6.97. The maximum atomic E-state index is 12.1. The van der Waals surface area contributed by atoms with Gasteiger partial charge in [-0.15, -0.1) is 0 Å². The fraction of sp³-hybridized carbons (Fsp3) is 0.444. The van der Waals surface area contributed by atoms with Crippen molar-refractivity contribution in [2.75, 3.05) is 13.2 Å². The minimum atomic E-state index is -1.04. The number of hydrogen-bond acceptors (Lipinski definition) is 7. The SMILES string of the molecule is O=c1ccn([C@@H]2O[C@]34CO[C@@H](c5ccccc5)O[C@H]3[C@H](O)[C@H]2OC4)c(=O)[nH]1. The van der Waals surface area contributed by atoms with Crippen molar-refractivity contribution in [1.82, 2.24) is 9.55 Å². The topological polar surface area (TPSA) is 112 Å². The van der Waals surface area contributed by atoms with Gasteiger partial charge in [-0.2, -0.15) is 0 Å². The molecular weight excluding hydrogens is 356 g/mol. The monoisotopic (exact) mass is 374 g/mol. The second kappa shape index (κ2) is 6.11. The van der Waals surface area contributed by atoms with E-state index in [4.69, 9.17) is 18.9 Å². The number of hydrogen-bond donors (Lipinski definition) is 2. The Balaban J connectivity index is 1.46. The molecule has 9 heteroatoms. The molecule has 27 heavy (non-hydrogen) atoms. The minimum Gasteiger partial charge on any atom is -0.387 e. The summed E-state index contributed by atoms with van der Waals surface area (Å²) in [4.78, 5) is 25.6. The summed E-state index contributed by atoms with van der Waals surface area (Å²) in [7, 11) is 0. The minimum absolute atomic E-state index is 0.135. The van der Waals surface area contributed by atoms with Crippen molar-refractivity contribution in [3.8, 4) is 0 Å². The van der Waals surface area contributed by atoms with Crippen LogP contribution in [0.5, 0.6) is 0 Å². The Hall–Kier alpha value is -2.30. The maximum Gasteiger partial charge on any atom is 0.330 e. The molecular formula is C18H18N2O7. The first kappa shape index (κ1) is 16.8. The van der Waals surface area contributed by atoms with Gasteiger partial charge in [-0.1, -0.05) is 30.3 Å². The molecule has 0 amide bonds. The first-order chi connectivity index (χ1) is 13.1. The van der Waals surface area contributed by atoms with Crippen LogP contribution in [0, 0.1) is 0 Å². The van der Waals surface area contributed by atoms with Crippen LogP contribution in [-0.2, 0) is 18.9 Å². The highest BCUT2D eigenvalue weighted by Gasteiger charge is 2.63. The Kier molecular flexibility index (Phi) is 3.81. The van der Waals surface area contributed by atoms with Crippen LogP contribution in [0.2, 0.25) is 0 Å². The Morgan fingerprint density at radius 3 is 2.67 bits per heavy atom. The molecule has 142 valence electrons. The predicted molar refractivity (Wildman–Crippen MR) is 89.9 cm³/mol. The number of aromatic nitrogens is 2. The van der Waals surface area contributed by atoms with Crippen LogP contribution < -0.4 is 11.2 Å². The van der Waals surface area contributed by atoms with Crippen molar-refractivity contribution in [2.24, 2.45) is 0 Å². The van der Waals surface area contributed by atoms with E-state index in [0.717, 1.165) is 5.56 Å². The van der Waals surface area contributed by atoms with Gasteiger partial charge in [0.2, 0.25) is 0 Å². The Morgan fingerprint density at radius 2 is 1.89 bits per heavy atom. The maximum absolute atomic E-state index is 12.1. The molecule has 0 radical (unpaired) electrons. The van der Waals surface area contributed by atoms with Gasteiger partial charge in [0.15, 0.2) is 12.5 Å². The number of ether oxygens (including phenoxy) is 4. The molecule has 6 atom stereocenters. The average Bonchev–Trinajstić information content (AvgIpc) is 2.68. The van der Waals surface area contributed by atoms with Crippen LogP contribution in [-0.4, -0.2) is 51.8 Å². The van der Waals surface area contributed by atoms with Gasteiger partial charge in [0, 0.05) is 17.8 Å². The van der Waals surface area contributed by atoms with Crippen molar-refractivity contribution in [2.45, 2.75) is 36.4 Å². The van der Waals surface area contributed by atoms with Crippen molar-refractivity contribution in [3.63, 3.8) is 0 Å². The van der Waals surface area contributed by atoms with Crippen LogP contribution in [0.15, 0.2) is 52.2 Å². The zero-order chi connectivity index (χ0) is 18.6. The lowest BCUT2D eigenvalue weighted by atomic mass is 9.83. The molecule has 2 N–H and O–H groups in total. The molecule has 9 nitrogen and oxygen atoms in total. The predicted octanol–water partition coefficient (Wildman–Crippen LogP) is -0.322. The van der Waals surface area contributed by atoms with Crippen molar-refractivity contribution < 1.29 is 24.1 Å². The highest BCUT2D eigenvalue weighted by molar-refractivity contribution is 5.18. The quantitative estimate of drug-likeness (QED) is 0.741. The molecule has 5 heterocycles. The summed E-state index contributed by atoms with van der Waals surface area (Å²) in [6.07, 6.45) is -2.68. The molecule has 2 aromatic rings. The van der Waals surface area contributed by atoms with Crippen molar-refractivity contribution in [1.29, 1.82) is 0 Å². The van der Waals surface area contributed by atoms with Gasteiger partial charge in [-0.05, 0) is 0 Å². The Bertz CT molecular complexity index is 958. The van der Waals surface area contributed by atoms with Gasteiger partial charge in [-0.3, -0.25) is 14.3 Å². The number of fused-ring (bicyclic) bond motifs is 2. The van der Waals surface area contributed by atoms with Crippen LogP contribution >= 0.6 is 0 Å². The number of rotatable bonds is 2. The molecule has 0 saturated carbocycles. The number of H-pyrrole nitrogens is 1.